The van der Waals surface area contributed by atoms with Crippen LogP contribution in [0.3, 0.4) is 0 Å². The average Bonchev–Trinajstić information content (AvgIpc) is 2.88. The molecule has 140 valence electrons. The van der Waals surface area contributed by atoms with Crippen molar-refractivity contribution in [3.63, 3.8) is 0 Å². The summed E-state index contributed by atoms with van der Waals surface area (Å²) >= 11 is 17.8. The fourth-order valence-electron chi connectivity index (χ4n) is 2.69. The number of anilines is 2. The molecule has 0 fully saturated rings. The monoisotopic (exact) mass is 422 g/mol. The van der Waals surface area contributed by atoms with Gasteiger partial charge in [-0.05, 0) is 50.3 Å². The minimum absolute atomic E-state index is 0.279. The summed E-state index contributed by atoms with van der Waals surface area (Å²) in [5.74, 6) is -0.376. The van der Waals surface area contributed by atoms with Crippen LogP contribution in [-0.4, -0.2) is 14.9 Å². The number of hydrogen-bond acceptors (Lipinski definition) is 2. The van der Waals surface area contributed by atoms with E-state index in [0.717, 1.165) is 22.6 Å². The molecule has 0 amide bonds. The number of nitrogens with one attached hydrogen (secondary N) is 2. The third-order valence-electron chi connectivity index (χ3n) is 4.11. The van der Waals surface area contributed by atoms with Crippen molar-refractivity contribution in [1.82, 2.24) is 9.78 Å². The van der Waals surface area contributed by atoms with Crippen LogP contribution in [0.4, 0.5) is 15.8 Å². The second-order valence-corrected chi connectivity index (χ2v) is 7.19. The first-order chi connectivity index (χ1) is 12.9. The van der Waals surface area contributed by atoms with Crippen LogP contribution in [-0.2, 0) is 6.54 Å². The van der Waals surface area contributed by atoms with Crippen molar-refractivity contribution in [2.24, 2.45) is 0 Å². The van der Waals surface area contributed by atoms with Gasteiger partial charge in [-0.15, -0.1) is 0 Å². The molecular weight excluding hydrogens is 406 g/mol. The summed E-state index contributed by atoms with van der Waals surface area (Å²) in [7, 11) is 0. The molecule has 2 aromatic carbocycles. The molecule has 0 spiro atoms. The molecule has 27 heavy (non-hydrogen) atoms. The summed E-state index contributed by atoms with van der Waals surface area (Å²) in [6, 6.07) is 11.7. The molecule has 0 aliphatic heterocycles. The number of aryl methyl sites for hydroxylation is 1. The number of thiocarbonyl (C=S) groups is 1. The van der Waals surface area contributed by atoms with E-state index in [2.05, 4.69) is 15.7 Å². The molecule has 0 aliphatic carbocycles. The van der Waals surface area contributed by atoms with Gasteiger partial charge in [0.1, 0.15) is 5.82 Å². The largest absolute Gasteiger partial charge is 0.330 e. The predicted octanol–water partition coefficient (Wildman–Crippen LogP) is 5.80. The number of nitrogens with zero attached hydrogens (tertiary/aromatic N) is 2. The Balaban J connectivity index is 1.80. The molecule has 0 saturated heterocycles. The number of rotatable bonds is 4. The first kappa shape index (κ1) is 19.6. The fraction of sp³-hybridized carbons (Fsp3) is 0.158. The van der Waals surface area contributed by atoms with Gasteiger partial charge in [0.05, 0.1) is 29.3 Å². The standard InChI is InChI=1S/C19H17Cl2FN4S/c1-11-18(24-19(27)23-17-9-4-3-8-16(17)22)12(2)26(25-11)10-13-14(20)6-5-7-15(13)21/h3-9H,10H2,1-2H3,(H2,23,24,27). The Morgan fingerprint density at radius 3 is 2.41 bits per heavy atom. The molecule has 3 aromatic rings. The van der Waals surface area contributed by atoms with Crippen LogP contribution in [0.1, 0.15) is 17.0 Å². The zero-order chi connectivity index (χ0) is 19.6. The van der Waals surface area contributed by atoms with E-state index in [0.29, 0.717) is 22.3 Å². The Morgan fingerprint density at radius 2 is 1.74 bits per heavy atom. The SMILES string of the molecule is Cc1nn(Cc2c(Cl)cccc2Cl)c(C)c1NC(=S)Nc1ccccc1F. The number of aromatic nitrogens is 2. The van der Waals surface area contributed by atoms with Gasteiger partial charge in [0, 0.05) is 15.6 Å². The van der Waals surface area contributed by atoms with Crippen LogP contribution in [0, 0.1) is 19.7 Å². The van der Waals surface area contributed by atoms with Crippen LogP contribution < -0.4 is 10.6 Å². The van der Waals surface area contributed by atoms with Gasteiger partial charge >= 0.3 is 0 Å². The summed E-state index contributed by atoms with van der Waals surface area (Å²) in [5, 5.41) is 11.9. The Hall–Kier alpha value is -2.15. The van der Waals surface area contributed by atoms with E-state index in [1.54, 1.807) is 41.1 Å². The van der Waals surface area contributed by atoms with E-state index in [1.807, 2.05) is 13.8 Å². The molecule has 3 rings (SSSR count). The van der Waals surface area contributed by atoms with E-state index in [1.165, 1.54) is 6.07 Å². The molecule has 1 heterocycles. The highest BCUT2D eigenvalue weighted by Crippen LogP contribution is 2.27. The van der Waals surface area contributed by atoms with Gasteiger partial charge in [0.2, 0.25) is 0 Å². The lowest BCUT2D eigenvalue weighted by molar-refractivity contribution is 0.632. The maximum atomic E-state index is 13.8. The van der Waals surface area contributed by atoms with E-state index >= 15 is 0 Å². The highest BCUT2D eigenvalue weighted by Gasteiger charge is 2.15. The summed E-state index contributed by atoms with van der Waals surface area (Å²) in [5.41, 5.74) is 3.48. The number of halogens is 3. The number of hydrogen-bond donors (Lipinski definition) is 2. The molecule has 2 N–H and O–H groups in total. The van der Waals surface area contributed by atoms with Gasteiger partial charge in [-0.1, -0.05) is 41.4 Å². The molecule has 0 unspecified atom stereocenters. The van der Waals surface area contributed by atoms with Gasteiger partial charge in [-0.25, -0.2) is 4.39 Å². The third-order valence-corrected chi connectivity index (χ3v) is 5.02. The van der Waals surface area contributed by atoms with Crippen LogP contribution in [0.15, 0.2) is 42.5 Å². The first-order valence-corrected chi connectivity index (χ1v) is 9.32. The van der Waals surface area contributed by atoms with E-state index < -0.39 is 0 Å². The van der Waals surface area contributed by atoms with Crippen molar-refractivity contribution < 1.29 is 4.39 Å². The molecule has 0 aliphatic rings. The second-order valence-electron chi connectivity index (χ2n) is 5.96. The average molecular weight is 423 g/mol. The van der Waals surface area contributed by atoms with Crippen molar-refractivity contribution in [1.29, 1.82) is 0 Å². The van der Waals surface area contributed by atoms with Gasteiger partial charge < -0.3 is 10.6 Å². The summed E-state index contributed by atoms with van der Waals surface area (Å²) < 4.78 is 15.6. The second kappa shape index (κ2) is 8.25. The zero-order valence-electron chi connectivity index (χ0n) is 14.7. The summed E-state index contributed by atoms with van der Waals surface area (Å²) in [6.45, 7) is 4.21. The molecule has 4 nitrogen and oxygen atoms in total. The van der Waals surface area contributed by atoms with E-state index in [-0.39, 0.29) is 10.9 Å². The lowest BCUT2D eigenvalue weighted by Crippen LogP contribution is -2.20. The maximum absolute atomic E-state index is 13.8. The Kier molecular flexibility index (Phi) is 5.99. The van der Waals surface area contributed by atoms with Crippen LogP contribution in [0.5, 0.6) is 0 Å². The molecule has 0 radical (unpaired) electrons. The maximum Gasteiger partial charge on any atom is 0.175 e. The smallest absolute Gasteiger partial charge is 0.175 e. The van der Waals surface area contributed by atoms with Gasteiger partial charge in [0.15, 0.2) is 5.11 Å². The van der Waals surface area contributed by atoms with Crippen molar-refractivity contribution >= 4 is 51.9 Å². The van der Waals surface area contributed by atoms with Crippen molar-refractivity contribution in [2.75, 3.05) is 10.6 Å². The van der Waals surface area contributed by atoms with Gasteiger partial charge in [-0.3, -0.25) is 4.68 Å². The lowest BCUT2D eigenvalue weighted by atomic mass is 10.2. The normalized spacial score (nSPS) is 10.7. The highest BCUT2D eigenvalue weighted by atomic mass is 35.5. The van der Waals surface area contributed by atoms with E-state index in [4.69, 9.17) is 35.4 Å². The summed E-state index contributed by atoms with van der Waals surface area (Å²) in [6.07, 6.45) is 0. The predicted molar refractivity (Wildman–Crippen MR) is 114 cm³/mol. The molecular formula is C19H17Cl2FN4S. The fourth-order valence-corrected chi connectivity index (χ4v) is 3.42. The Bertz CT molecular complexity index is 983. The van der Waals surface area contributed by atoms with Crippen LogP contribution >= 0.6 is 35.4 Å². The lowest BCUT2D eigenvalue weighted by Gasteiger charge is -2.12. The Morgan fingerprint density at radius 1 is 1.07 bits per heavy atom. The third kappa shape index (κ3) is 4.40. The Labute approximate surface area is 172 Å². The van der Waals surface area contributed by atoms with Crippen molar-refractivity contribution in [2.45, 2.75) is 20.4 Å². The highest BCUT2D eigenvalue weighted by molar-refractivity contribution is 7.80. The molecule has 8 heteroatoms. The van der Waals surface area contributed by atoms with Crippen molar-refractivity contribution in [3.05, 3.63) is 75.3 Å². The topological polar surface area (TPSA) is 41.9 Å². The van der Waals surface area contributed by atoms with Gasteiger partial charge in [0.25, 0.3) is 0 Å². The molecule has 0 bridgehead atoms. The van der Waals surface area contributed by atoms with Crippen LogP contribution in [0.2, 0.25) is 10.0 Å². The number of benzene rings is 2. The van der Waals surface area contributed by atoms with Crippen molar-refractivity contribution in [3.8, 4) is 0 Å². The minimum Gasteiger partial charge on any atom is -0.330 e. The number of para-hydroxylation sites is 1. The van der Waals surface area contributed by atoms with Crippen LogP contribution in [0.25, 0.3) is 0 Å². The molecule has 0 atom stereocenters. The zero-order valence-corrected chi connectivity index (χ0v) is 17.0. The quantitative estimate of drug-likeness (QED) is 0.521. The minimum atomic E-state index is -0.376. The van der Waals surface area contributed by atoms with Gasteiger partial charge in [-0.2, -0.15) is 5.10 Å². The van der Waals surface area contributed by atoms with E-state index in [9.17, 15) is 4.39 Å². The molecule has 0 saturated carbocycles. The summed E-state index contributed by atoms with van der Waals surface area (Å²) in [4.78, 5) is 0. The molecule has 1 aromatic heterocycles. The first-order valence-electron chi connectivity index (χ1n) is 8.16.